The second-order valence-electron chi connectivity index (χ2n) is 5.65. The van der Waals surface area contributed by atoms with Crippen LogP contribution in [0.25, 0.3) is 0 Å². The predicted molar refractivity (Wildman–Crippen MR) is 86.5 cm³/mol. The van der Waals surface area contributed by atoms with Crippen LogP contribution in [0.5, 0.6) is 0 Å². The number of ether oxygens (including phenoxy) is 1. The average molecular weight is 335 g/mol. The van der Waals surface area contributed by atoms with E-state index >= 15 is 0 Å². The van der Waals surface area contributed by atoms with Crippen molar-refractivity contribution in [3.63, 3.8) is 0 Å². The molecule has 23 heavy (non-hydrogen) atoms. The first-order valence-corrected chi connectivity index (χ1v) is 9.49. The van der Waals surface area contributed by atoms with Crippen molar-refractivity contribution in [1.82, 2.24) is 0 Å². The highest BCUT2D eigenvalue weighted by molar-refractivity contribution is 7.92. The maximum atomic E-state index is 12.4. The van der Waals surface area contributed by atoms with Crippen LogP contribution in [0.2, 0.25) is 0 Å². The molecule has 0 unspecified atom stereocenters. The Morgan fingerprint density at radius 2 is 1.87 bits per heavy atom. The number of benzene rings is 1. The van der Waals surface area contributed by atoms with Crippen molar-refractivity contribution in [3.8, 4) is 6.07 Å². The third kappa shape index (κ3) is 2.74. The number of aryl methyl sites for hydroxylation is 1. The van der Waals surface area contributed by atoms with Crippen LogP contribution in [0.15, 0.2) is 24.3 Å². The molecule has 0 saturated heterocycles. The molecule has 1 fully saturated rings. The Morgan fingerprint density at radius 3 is 2.30 bits per heavy atom. The summed E-state index contributed by atoms with van der Waals surface area (Å²) in [7, 11) is -3.54. The molecule has 0 aromatic heterocycles. The van der Waals surface area contributed by atoms with Gasteiger partial charge in [0.1, 0.15) is 5.25 Å². The van der Waals surface area contributed by atoms with Crippen molar-refractivity contribution in [1.29, 1.82) is 5.26 Å². The zero-order valence-electron chi connectivity index (χ0n) is 13.6. The van der Waals surface area contributed by atoms with Gasteiger partial charge in [0.05, 0.1) is 12.7 Å². The van der Waals surface area contributed by atoms with Crippen molar-refractivity contribution < 1.29 is 17.9 Å². The van der Waals surface area contributed by atoms with Gasteiger partial charge in [0.2, 0.25) is 0 Å². The molecule has 0 spiro atoms. The summed E-state index contributed by atoms with van der Waals surface area (Å²) >= 11 is 0. The fraction of sp³-hybridized carbons (Fsp3) is 0.529. The minimum absolute atomic E-state index is 0.107. The summed E-state index contributed by atoms with van der Waals surface area (Å²) in [6, 6.07) is 9.36. The van der Waals surface area contributed by atoms with Crippen molar-refractivity contribution in [2.45, 2.75) is 38.4 Å². The summed E-state index contributed by atoms with van der Waals surface area (Å²) in [6.45, 7) is 5.30. The number of nitriles is 1. The lowest BCUT2D eigenvalue weighted by molar-refractivity contribution is -0.147. The van der Waals surface area contributed by atoms with Gasteiger partial charge in [-0.1, -0.05) is 38.1 Å². The molecule has 6 heteroatoms. The van der Waals surface area contributed by atoms with Crippen LogP contribution in [0, 0.1) is 16.7 Å². The SMILES string of the molecule is CCOC(=O)[C@]1(C#N)[C@H](c2ccc(CC)cc2)[C@H]1S(=O)(=O)CC. The molecule has 0 N–H and O–H groups in total. The molecule has 3 atom stereocenters. The quantitative estimate of drug-likeness (QED) is 0.744. The molecule has 0 heterocycles. The van der Waals surface area contributed by atoms with E-state index in [9.17, 15) is 18.5 Å². The molecular formula is C17H21NO4S. The van der Waals surface area contributed by atoms with E-state index < -0.39 is 32.4 Å². The number of esters is 1. The standard InChI is InChI=1S/C17H21NO4S/c1-4-12-7-9-13(10-8-12)14-15(23(20,21)6-3)17(14,11-18)16(19)22-5-2/h7-10,14-15H,4-6H2,1-3H3/t14-,15-,17-/m1/s1. The van der Waals surface area contributed by atoms with Gasteiger partial charge >= 0.3 is 5.97 Å². The lowest BCUT2D eigenvalue weighted by atomic mass is 9.99. The van der Waals surface area contributed by atoms with E-state index in [2.05, 4.69) is 0 Å². The fourth-order valence-corrected chi connectivity index (χ4v) is 5.03. The molecule has 1 aromatic carbocycles. The smallest absolute Gasteiger partial charge is 0.328 e. The van der Waals surface area contributed by atoms with E-state index in [-0.39, 0.29) is 12.4 Å². The van der Waals surface area contributed by atoms with E-state index in [1.165, 1.54) is 6.92 Å². The zero-order valence-corrected chi connectivity index (χ0v) is 14.4. The maximum absolute atomic E-state index is 12.4. The number of hydrogen-bond acceptors (Lipinski definition) is 5. The first-order valence-electron chi connectivity index (χ1n) is 7.77. The molecular weight excluding hydrogens is 314 g/mol. The van der Waals surface area contributed by atoms with Crippen molar-refractivity contribution in [2.75, 3.05) is 12.4 Å². The molecule has 1 aromatic rings. The molecule has 1 saturated carbocycles. The third-order valence-corrected chi connectivity index (χ3v) is 6.69. The highest BCUT2D eigenvalue weighted by Gasteiger charge is 2.77. The summed E-state index contributed by atoms with van der Waals surface area (Å²) in [5.74, 6) is -1.51. The number of carbonyl (C=O) groups excluding carboxylic acids is 1. The summed E-state index contributed by atoms with van der Waals surface area (Å²) in [5, 5.41) is 8.57. The van der Waals surface area contributed by atoms with Crippen LogP contribution in [0.3, 0.4) is 0 Å². The molecule has 5 nitrogen and oxygen atoms in total. The van der Waals surface area contributed by atoms with Gasteiger partial charge < -0.3 is 4.74 Å². The predicted octanol–water partition coefficient (Wildman–Crippen LogP) is 2.22. The monoisotopic (exact) mass is 335 g/mol. The van der Waals surface area contributed by atoms with Crippen LogP contribution in [0.4, 0.5) is 0 Å². The van der Waals surface area contributed by atoms with Gasteiger partial charge in [-0.2, -0.15) is 5.26 Å². The van der Waals surface area contributed by atoms with Crippen LogP contribution in [0.1, 0.15) is 37.8 Å². The van der Waals surface area contributed by atoms with Crippen molar-refractivity contribution in [2.24, 2.45) is 5.41 Å². The van der Waals surface area contributed by atoms with Crippen molar-refractivity contribution >= 4 is 15.8 Å². The van der Waals surface area contributed by atoms with Crippen LogP contribution >= 0.6 is 0 Å². The largest absolute Gasteiger partial charge is 0.465 e. The normalized spacial score (nSPS) is 26.3. The zero-order chi connectivity index (χ0) is 17.3. The summed E-state index contributed by atoms with van der Waals surface area (Å²) in [6.07, 6.45) is 0.864. The highest BCUT2D eigenvalue weighted by Crippen LogP contribution is 2.63. The molecule has 124 valence electrons. The van der Waals surface area contributed by atoms with Crippen LogP contribution < -0.4 is 0 Å². The van der Waals surface area contributed by atoms with Gasteiger partial charge in [0, 0.05) is 11.7 Å². The van der Waals surface area contributed by atoms with Gasteiger partial charge in [-0.15, -0.1) is 0 Å². The van der Waals surface area contributed by atoms with Crippen LogP contribution in [-0.4, -0.2) is 32.0 Å². The second kappa shape index (κ2) is 6.32. The average Bonchev–Trinajstić information content (AvgIpc) is 3.26. The molecule has 1 aliphatic rings. The van der Waals surface area contributed by atoms with Crippen LogP contribution in [-0.2, 0) is 25.8 Å². The topological polar surface area (TPSA) is 84.2 Å². The molecule has 0 aliphatic heterocycles. The fourth-order valence-electron chi connectivity index (χ4n) is 3.10. The van der Waals surface area contributed by atoms with Gasteiger partial charge in [-0.05, 0) is 24.5 Å². The first-order chi connectivity index (χ1) is 10.9. The van der Waals surface area contributed by atoms with Gasteiger partial charge in [-0.3, -0.25) is 4.79 Å². The second-order valence-corrected chi connectivity index (χ2v) is 8.06. The molecule has 2 rings (SSSR count). The Morgan fingerprint density at radius 1 is 1.26 bits per heavy atom. The van der Waals surface area contributed by atoms with Gasteiger partial charge in [-0.25, -0.2) is 8.42 Å². The van der Waals surface area contributed by atoms with E-state index in [0.717, 1.165) is 12.0 Å². The molecule has 0 radical (unpaired) electrons. The van der Waals surface area contributed by atoms with Gasteiger partial charge in [0.15, 0.2) is 15.3 Å². The highest BCUT2D eigenvalue weighted by atomic mass is 32.2. The molecule has 1 aliphatic carbocycles. The molecule has 0 bridgehead atoms. The minimum Gasteiger partial charge on any atom is -0.465 e. The van der Waals surface area contributed by atoms with Crippen molar-refractivity contribution in [3.05, 3.63) is 35.4 Å². The third-order valence-electron chi connectivity index (χ3n) is 4.47. The van der Waals surface area contributed by atoms with E-state index in [4.69, 9.17) is 4.74 Å². The first kappa shape index (κ1) is 17.5. The van der Waals surface area contributed by atoms with Gasteiger partial charge in [0.25, 0.3) is 0 Å². The number of carbonyl (C=O) groups is 1. The van der Waals surface area contributed by atoms with E-state index in [0.29, 0.717) is 5.56 Å². The van der Waals surface area contributed by atoms with E-state index in [1.54, 1.807) is 19.1 Å². The number of sulfone groups is 1. The Bertz CT molecular complexity index is 733. The summed E-state index contributed by atoms with van der Waals surface area (Å²) < 4.78 is 29.8. The Balaban J connectivity index is 2.50. The lowest BCUT2D eigenvalue weighted by Gasteiger charge is -2.08. The molecule has 0 amide bonds. The number of rotatable bonds is 6. The Labute approximate surface area is 137 Å². The van der Waals surface area contributed by atoms with E-state index in [1.807, 2.05) is 25.1 Å². The number of nitrogens with zero attached hydrogens (tertiary/aromatic N) is 1. The lowest BCUT2D eigenvalue weighted by Crippen LogP contribution is -2.26. The minimum atomic E-state index is -3.54. The Hall–Kier alpha value is -1.87. The summed E-state index contributed by atoms with van der Waals surface area (Å²) in [5.41, 5.74) is 0.181. The Kier molecular flexibility index (Phi) is 4.81. The number of hydrogen-bond donors (Lipinski definition) is 0. The maximum Gasteiger partial charge on any atom is 0.328 e. The summed E-state index contributed by atoms with van der Waals surface area (Å²) in [4.78, 5) is 12.3.